The minimum atomic E-state index is -3.90. The topological polar surface area (TPSA) is 114 Å². The van der Waals surface area contributed by atoms with Crippen molar-refractivity contribution in [3.05, 3.63) is 29.7 Å². The Morgan fingerprint density at radius 2 is 2.00 bits per heavy atom. The summed E-state index contributed by atoms with van der Waals surface area (Å²) in [7, 11) is -3.90. The molecule has 2 N–H and O–H groups in total. The van der Waals surface area contributed by atoms with Gasteiger partial charge < -0.3 is 9.73 Å². The summed E-state index contributed by atoms with van der Waals surface area (Å²) in [5.41, 5.74) is 0.475. The van der Waals surface area contributed by atoms with Crippen LogP contribution in [0.25, 0.3) is 0 Å². The Morgan fingerprint density at radius 1 is 1.26 bits per heavy atom. The first-order valence-electron chi connectivity index (χ1n) is 9.07. The summed E-state index contributed by atoms with van der Waals surface area (Å²) >= 11 is 0. The highest BCUT2D eigenvalue weighted by Gasteiger charge is 2.39. The molecule has 0 radical (unpaired) electrons. The number of carbonyl (C=O) groups excluding carboxylic acids is 1. The predicted octanol–water partition coefficient (Wildman–Crippen LogP) is 2.83. The highest BCUT2D eigenvalue weighted by Crippen LogP contribution is 2.38. The summed E-state index contributed by atoms with van der Waals surface area (Å²) in [6.45, 7) is 3.51. The van der Waals surface area contributed by atoms with Crippen molar-refractivity contribution < 1.29 is 17.6 Å². The van der Waals surface area contributed by atoms with E-state index in [-0.39, 0.29) is 16.8 Å². The molecule has 4 rings (SSSR count). The van der Waals surface area contributed by atoms with Gasteiger partial charge in [-0.05, 0) is 56.4 Å². The number of carbonyl (C=O) groups is 1. The molecule has 0 atom stereocenters. The average Bonchev–Trinajstić information content (AvgIpc) is 3.31. The van der Waals surface area contributed by atoms with Crippen LogP contribution in [0.5, 0.6) is 0 Å². The van der Waals surface area contributed by atoms with Crippen LogP contribution >= 0.6 is 0 Å². The summed E-state index contributed by atoms with van der Waals surface area (Å²) in [5.74, 6) is 0.817. The zero-order valence-electron chi connectivity index (χ0n) is 15.3. The number of aromatic nitrogens is 2. The Morgan fingerprint density at radius 3 is 2.74 bits per heavy atom. The Labute approximate surface area is 157 Å². The molecule has 1 aromatic carbocycles. The van der Waals surface area contributed by atoms with E-state index in [1.807, 2.05) is 0 Å². The lowest BCUT2D eigenvalue weighted by Crippen LogP contribution is -2.27. The zero-order chi connectivity index (χ0) is 19.2. The molecule has 0 unspecified atom stereocenters. The third-order valence-corrected chi connectivity index (χ3v) is 6.73. The Hall–Kier alpha value is -2.42. The van der Waals surface area contributed by atoms with Gasteiger partial charge in [0.1, 0.15) is 0 Å². The number of hydrogen-bond acceptors (Lipinski definition) is 6. The first kappa shape index (κ1) is 18.0. The van der Waals surface area contributed by atoms with Gasteiger partial charge in [-0.15, -0.1) is 5.10 Å². The van der Waals surface area contributed by atoms with Crippen LogP contribution in [0.2, 0.25) is 0 Å². The number of anilines is 2. The van der Waals surface area contributed by atoms with E-state index in [1.165, 1.54) is 25.0 Å². The van der Waals surface area contributed by atoms with Crippen LogP contribution in [0.4, 0.5) is 11.7 Å². The summed E-state index contributed by atoms with van der Waals surface area (Å²) in [4.78, 5) is 12.1. The molecule has 0 bridgehead atoms. The molecule has 1 aliphatic carbocycles. The molecule has 1 fully saturated rings. The van der Waals surface area contributed by atoms with E-state index >= 15 is 0 Å². The van der Waals surface area contributed by atoms with E-state index in [9.17, 15) is 13.2 Å². The molecule has 1 aromatic heterocycles. The molecular formula is C18H22N4O4S. The van der Waals surface area contributed by atoms with Gasteiger partial charge in [-0.3, -0.25) is 4.79 Å². The van der Waals surface area contributed by atoms with Crippen molar-refractivity contribution in [2.24, 2.45) is 5.92 Å². The Kier molecular flexibility index (Phi) is 4.21. The summed E-state index contributed by atoms with van der Waals surface area (Å²) < 4.78 is 33.2. The van der Waals surface area contributed by atoms with Crippen LogP contribution < -0.4 is 10.0 Å². The van der Waals surface area contributed by atoms with Crippen LogP contribution in [0.15, 0.2) is 27.5 Å². The van der Waals surface area contributed by atoms with Gasteiger partial charge in [0.15, 0.2) is 0 Å². The SMILES string of the molecule is CC1(C)C(=O)Nc2ccc(S(=O)(=O)Nc3nnc(CC4CCCC4)o3)cc21. The third-order valence-electron chi connectivity index (χ3n) is 5.42. The molecule has 9 heteroatoms. The molecule has 1 aliphatic heterocycles. The van der Waals surface area contributed by atoms with Crippen LogP contribution in [-0.2, 0) is 26.7 Å². The number of amides is 1. The van der Waals surface area contributed by atoms with Gasteiger partial charge in [0, 0.05) is 12.1 Å². The number of sulfonamides is 1. The van der Waals surface area contributed by atoms with Crippen molar-refractivity contribution in [3.63, 3.8) is 0 Å². The van der Waals surface area contributed by atoms with Crippen LogP contribution in [-0.4, -0.2) is 24.5 Å². The average molecular weight is 390 g/mol. The van der Waals surface area contributed by atoms with Crippen molar-refractivity contribution in [3.8, 4) is 0 Å². The monoisotopic (exact) mass is 390 g/mol. The lowest BCUT2D eigenvalue weighted by Gasteiger charge is -2.15. The van der Waals surface area contributed by atoms with Gasteiger partial charge in [0.05, 0.1) is 10.3 Å². The largest absolute Gasteiger partial charge is 0.407 e. The first-order chi connectivity index (χ1) is 12.8. The van der Waals surface area contributed by atoms with Crippen molar-refractivity contribution in [1.29, 1.82) is 0 Å². The second-order valence-electron chi connectivity index (χ2n) is 7.75. The highest BCUT2D eigenvalue weighted by atomic mass is 32.2. The number of nitrogens with zero attached hydrogens (tertiary/aromatic N) is 2. The van der Waals surface area contributed by atoms with Gasteiger partial charge in [-0.25, -0.2) is 13.1 Å². The third kappa shape index (κ3) is 3.31. The molecule has 2 heterocycles. The van der Waals surface area contributed by atoms with Gasteiger partial charge in [-0.2, -0.15) is 0 Å². The van der Waals surface area contributed by atoms with Crippen LogP contribution in [0.3, 0.4) is 0 Å². The number of nitrogens with one attached hydrogen (secondary N) is 2. The van der Waals surface area contributed by atoms with E-state index in [0.29, 0.717) is 29.5 Å². The van der Waals surface area contributed by atoms with E-state index in [2.05, 4.69) is 20.2 Å². The van der Waals surface area contributed by atoms with Gasteiger partial charge in [0.2, 0.25) is 11.8 Å². The molecule has 1 amide bonds. The minimum Gasteiger partial charge on any atom is -0.407 e. The fraction of sp³-hybridized carbons (Fsp3) is 0.500. The molecule has 144 valence electrons. The Bertz CT molecular complexity index is 991. The first-order valence-corrected chi connectivity index (χ1v) is 10.6. The molecular weight excluding hydrogens is 368 g/mol. The summed E-state index contributed by atoms with van der Waals surface area (Å²) in [6.07, 6.45) is 5.38. The molecule has 2 aromatic rings. The number of rotatable bonds is 5. The van der Waals surface area contributed by atoms with Gasteiger partial charge >= 0.3 is 6.01 Å². The normalized spacial score (nSPS) is 19.1. The van der Waals surface area contributed by atoms with E-state index in [1.54, 1.807) is 19.9 Å². The van der Waals surface area contributed by atoms with Crippen molar-refractivity contribution >= 4 is 27.6 Å². The second kappa shape index (κ2) is 6.33. The standard InChI is InChI=1S/C18H22N4O4S/c1-18(2)13-10-12(7-8-14(13)19-16(18)23)27(24,25)22-17-21-20-15(26-17)9-11-5-3-4-6-11/h7-8,10-11H,3-6,9H2,1-2H3,(H,19,23)(H,21,22). The van der Waals surface area contributed by atoms with Gasteiger partial charge in [0.25, 0.3) is 10.0 Å². The molecule has 2 aliphatic rings. The summed E-state index contributed by atoms with van der Waals surface area (Å²) in [5, 5.41) is 10.5. The number of fused-ring (bicyclic) bond motifs is 1. The van der Waals surface area contributed by atoms with Crippen LogP contribution in [0.1, 0.15) is 51.0 Å². The molecule has 27 heavy (non-hydrogen) atoms. The number of benzene rings is 1. The fourth-order valence-electron chi connectivity index (χ4n) is 3.73. The quantitative estimate of drug-likeness (QED) is 0.811. The predicted molar refractivity (Wildman–Crippen MR) is 98.9 cm³/mol. The molecule has 0 saturated heterocycles. The van der Waals surface area contributed by atoms with E-state index in [0.717, 1.165) is 12.8 Å². The lowest BCUT2D eigenvalue weighted by atomic mass is 9.86. The van der Waals surface area contributed by atoms with Crippen molar-refractivity contribution in [2.45, 2.75) is 56.3 Å². The van der Waals surface area contributed by atoms with Crippen molar-refractivity contribution in [1.82, 2.24) is 10.2 Å². The number of hydrogen-bond donors (Lipinski definition) is 2. The Balaban J connectivity index is 1.54. The van der Waals surface area contributed by atoms with Crippen LogP contribution in [0, 0.1) is 5.92 Å². The smallest absolute Gasteiger partial charge is 0.329 e. The molecule has 0 spiro atoms. The zero-order valence-corrected chi connectivity index (χ0v) is 16.1. The lowest BCUT2D eigenvalue weighted by molar-refractivity contribution is -0.119. The maximum Gasteiger partial charge on any atom is 0.329 e. The fourth-order valence-corrected chi connectivity index (χ4v) is 4.68. The maximum absolute atomic E-state index is 12.7. The van der Waals surface area contributed by atoms with Crippen molar-refractivity contribution in [2.75, 3.05) is 10.0 Å². The highest BCUT2D eigenvalue weighted by molar-refractivity contribution is 7.92. The minimum absolute atomic E-state index is 0.0429. The molecule has 1 saturated carbocycles. The van der Waals surface area contributed by atoms with E-state index < -0.39 is 15.4 Å². The van der Waals surface area contributed by atoms with Gasteiger partial charge in [-0.1, -0.05) is 17.9 Å². The second-order valence-corrected chi connectivity index (χ2v) is 9.43. The molecule has 8 nitrogen and oxygen atoms in total. The van der Waals surface area contributed by atoms with E-state index in [4.69, 9.17) is 4.42 Å². The maximum atomic E-state index is 12.7. The summed E-state index contributed by atoms with van der Waals surface area (Å²) in [6, 6.07) is 4.40.